The molecule has 0 saturated carbocycles. The molecule has 3 heterocycles. The van der Waals surface area contributed by atoms with E-state index in [1.54, 1.807) is 13.0 Å². The molecule has 8 nitrogen and oxygen atoms in total. The Balaban J connectivity index is 1.59. The summed E-state index contributed by atoms with van der Waals surface area (Å²) >= 11 is 0. The van der Waals surface area contributed by atoms with E-state index in [1.807, 2.05) is 6.92 Å². The second kappa shape index (κ2) is 6.91. The van der Waals surface area contributed by atoms with Gasteiger partial charge in [-0.25, -0.2) is 0 Å². The first kappa shape index (κ1) is 15.7. The van der Waals surface area contributed by atoms with Crippen LogP contribution in [0.3, 0.4) is 0 Å². The van der Waals surface area contributed by atoms with Gasteiger partial charge in [-0.15, -0.1) is 10.2 Å². The third kappa shape index (κ3) is 3.58. The molecule has 0 radical (unpaired) electrons. The standard InChI is InChI=1S/C15H22N6O2/c1-3-11(15(22)17-12-8-10(2)23-20-12)16-9-14-19-18-13-6-4-5-7-21(13)14/h8,11,16H,3-7,9H2,1-2H3,(H,17,20,22). The average molecular weight is 318 g/mol. The van der Waals surface area contributed by atoms with Crippen molar-refractivity contribution < 1.29 is 9.32 Å². The number of aromatic nitrogens is 4. The van der Waals surface area contributed by atoms with Crippen molar-refractivity contribution in [2.75, 3.05) is 5.32 Å². The lowest BCUT2D eigenvalue weighted by atomic mass is 10.1. The van der Waals surface area contributed by atoms with E-state index >= 15 is 0 Å². The van der Waals surface area contributed by atoms with E-state index in [9.17, 15) is 4.79 Å². The lowest BCUT2D eigenvalue weighted by Crippen LogP contribution is -2.40. The minimum Gasteiger partial charge on any atom is -0.360 e. The number of hydrogen-bond donors (Lipinski definition) is 2. The van der Waals surface area contributed by atoms with Gasteiger partial charge in [0.15, 0.2) is 5.82 Å². The maximum atomic E-state index is 12.3. The highest BCUT2D eigenvalue weighted by atomic mass is 16.5. The van der Waals surface area contributed by atoms with Gasteiger partial charge in [0, 0.05) is 19.0 Å². The highest BCUT2D eigenvalue weighted by Crippen LogP contribution is 2.14. The number of fused-ring (bicyclic) bond motifs is 1. The van der Waals surface area contributed by atoms with Crippen molar-refractivity contribution in [3.63, 3.8) is 0 Å². The zero-order valence-electron chi connectivity index (χ0n) is 13.5. The first-order valence-electron chi connectivity index (χ1n) is 8.06. The molecule has 2 N–H and O–H groups in total. The Morgan fingerprint density at radius 2 is 2.30 bits per heavy atom. The fraction of sp³-hybridized carbons (Fsp3) is 0.600. The van der Waals surface area contributed by atoms with E-state index in [0.29, 0.717) is 24.5 Å². The Kier molecular flexibility index (Phi) is 4.71. The van der Waals surface area contributed by atoms with Gasteiger partial charge in [-0.05, 0) is 26.2 Å². The van der Waals surface area contributed by atoms with E-state index in [0.717, 1.165) is 31.0 Å². The van der Waals surface area contributed by atoms with Crippen molar-refractivity contribution >= 4 is 11.7 Å². The molecule has 3 rings (SSSR count). The first-order valence-corrected chi connectivity index (χ1v) is 8.06. The molecule has 1 unspecified atom stereocenters. The molecular formula is C15H22N6O2. The zero-order chi connectivity index (χ0) is 16.2. The quantitative estimate of drug-likeness (QED) is 0.836. The lowest BCUT2D eigenvalue weighted by Gasteiger charge is -2.18. The molecule has 8 heteroatoms. The number of hydrogen-bond acceptors (Lipinski definition) is 6. The van der Waals surface area contributed by atoms with Crippen molar-refractivity contribution in [2.45, 2.75) is 58.7 Å². The molecule has 1 atom stereocenters. The van der Waals surface area contributed by atoms with Crippen LogP contribution < -0.4 is 10.6 Å². The highest BCUT2D eigenvalue weighted by molar-refractivity contribution is 5.93. The molecule has 1 aliphatic rings. The highest BCUT2D eigenvalue weighted by Gasteiger charge is 2.20. The summed E-state index contributed by atoms with van der Waals surface area (Å²) in [6, 6.07) is 1.38. The van der Waals surface area contributed by atoms with Gasteiger partial charge in [-0.3, -0.25) is 10.1 Å². The summed E-state index contributed by atoms with van der Waals surface area (Å²) in [5, 5.41) is 18.3. The molecule has 0 aliphatic carbocycles. The smallest absolute Gasteiger partial charge is 0.242 e. The number of rotatable bonds is 6. The van der Waals surface area contributed by atoms with Crippen LogP contribution in [0, 0.1) is 6.92 Å². The van der Waals surface area contributed by atoms with Crippen molar-refractivity contribution in [3.05, 3.63) is 23.5 Å². The Hall–Kier alpha value is -2.22. The summed E-state index contributed by atoms with van der Waals surface area (Å²) in [5.74, 6) is 2.91. The summed E-state index contributed by atoms with van der Waals surface area (Å²) in [6.07, 6.45) is 3.98. The molecule has 0 saturated heterocycles. The van der Waals surface area contributed by atoms with Crippen LogP contribution in [0.1, 0.15) is 43.6 Å². The number of nitrogens with one attached hydrogen (secondary N) is 2. The second-order valence-electron chi connectivity index (χ2n) is 5.79. The van der Waals surface area contributed by atoms with Crippen molar-refractivity contribution in [2.24, 2.45) is 0 Å². The van der Waals surface area contributed by atoms with Crippen LogP contribution in [-0.4, -0.2) is 31.9 Å². The van der Waals surface area contributed by atoms with Crippen molar-refractivity contribution in [1.82, 2.24) is 25.2 Å². The molecule has 0 aromatic carbocycles. The monoisotopic (exact) mass is 318 g/mol. The van der Waals surface area contributed by atoms with Gasteiger partial charge in [0.05, 0.1) is 12.6 Å². The van der Waals surface area contributed by atoms with Crippen LogP contribution in [0.5, 0.6) is 0 Å². The zero-order valence-corrected chi connectivity index (χ0v) is 13.5. The number of carbonyl (C=O) groups excluding carboxylic acids is 1. The van der Waals surface area contributed by atoms with Crippen LogP contribution in [0.4, 0.5) is 5.82 Å². The number of aryl methyl sites for hydroxylation is 2. The molecule has 124 valence electrons. The molecule has 23 heavy (non-hydrogen) atoms. The predicted octanol–water partition coefficient (Wildman–Crippen LogP) is 1.42. The van der Waals surface area contributed by atoms with E-state index in [4.69, 9.17) is 4.52 Å². The molecular weight excluding hydrogens is 296 g/mol. The minimum atomic E-state index is -0.316. The topological polar surface area (TPSA) is 97.9 Å². The van der Waals surface area contributed by atoms with Crippen LogP contribution in [-0.2, 0) is 24.3 Å². The molecule has 1 amide bonds. The fourth-order valence-electron chi connectivity index (χ4n) is 2.77. The summed E-state index contributed by atoms with van der Waals surface area (Å²) in [5.41, 5.74) is 0. The molecule has 2 aromatic heterocycles. The molecule has 0 fully saturated rings. The van der Waals surface area contributed by atoms with Gasteiger partial charge in [-0.1, -0.05) is 12.1 Å². The van der Waals surface area contributed by atoms with Gasteiger partial charge >= 0.3 is 0 Å². The van der Waals surface area contributed by atoms with Gasteiger partial charge in [0.1, 0.15) is 17.4 Å². The Labute approximate surface area is 134 Å². The largest absolute Gasteiger partial charge is 0.360 e. The van der Waals surface area contributed by atoms with Gasteiger partial charge in [-0.2, -0.15) is 0 Å². The maximum Gasteiger partial charge on any atom is 0.242 e. The number of carbonyl (C=O) groups is 1. The first-order chi connectivity index (χ1) is 11.2. The Bertz CT molecular complexity index is 677. The third-order valence-electron chi connectivity index (χ3n) is 4.05. The van der Waals surface area contributed by atoms with E-state index in [1.165, 1.54) is 6.42 Å². The summed E-state index contributed by atoms with van der Waals surface area (Å²) in [7, 11) is 0. The summed E-state index contributed by atoms with van der Waals surface area (Å²) in [4.78, 5) is 12.3. The van der Waals surface area contributed by atoms with Crippen molar-refractivity contribution in [3.8, 4) is 0 Å². The molecule has 0 spiro atoms. The minimum absolute atomic E-state index is 0.126. The predicted molar refractivity (Wildman–Crippen MR) is 83.7 cm³/mol. The van der Waals surface area contributed by atoms with Crippen LogP contribution in [0.2, 0.25) is 0 Å². The van der Waals surface area contributed by atoms with Gasteiger partial charge < -0.3 is 14.4 Å². The molecule has 2 aromatic rings. The third-order valence-corrected chi connectivity index (χ3v) is 4.05. The Morgan fingerprint density at radius 3 is 3.04 bits per heavy atom. The van der Waals surface area contributed by atoms with E-state index < -0.39 is 0 Å². The van der Waals surface area contributed by atoms with E-state index in [2.05, 4.69) is 30.6 Å². The number of nitrogens with zero attached hydrogens (tertiary/aromatic N) is 4. The summed E-state index contributed by atoms with van der Waals surface area (Å²) < 4.78 is 7.11. The number of anilines is 1. The van der Waals surface area contributed by atoms with Crippen LogP contribution >= 0.6 is 0 Å². The van der Waals surface area contributed by atoms with Gasteiger partial charge in [0.2, 0.25) is 5.91 Å². The molecule has 1 aliphatic heterocycles. The second-order valence-corrected chi connectivity index (χ2v) is 5.79. The van der Waals surface area contributed by atoms with Crippen LogP contribution in [0.15, 0.2) is 10.6 Å². The SMILES string of the molecule is CCC(NCc1nnc2n1CCCC2)C(=O)Nc1cc(C)on1. The van der Waals surface area contributed by atoms with Gasteiger partial charge in [0.25, 0.3) is 0 Å². The van der Waals surface area contributed by atoms with Crippen molar-refractivity contribution in [1.29, 1.82) is 0 Å². The number of amides is 1. The maximum absolute atomic E-state index is 12.3. The van der Waals surface area contributed by atoms with Crippen LogP contribution in [0.25, 0.3) is 0 Å². The normalized spacial score (nSPS) is 15.2. The van der Waals surface area contributed by atoms with E-state index in [-0.39, 0.29) is 11.9 Å². The summed E-state index contributed by atoms with van der Waals surface area (Å²) in [6.45, 7) is 5.23. The Morgan fingerprint density at radius 1 is 1.43 bits per heavy atom. The molecule has 0 bridgehead atoms. The fourth-order valence-corrected chi connectivity index (χ4v) is 2.77. The lowest BCUT2D eigenvalue weighted by molar-refractivity contribution is -0.118. The average Bonchev–Trinajstić information content (AvgIpc) is 3.14.